The normalized spacial score (nSPS) is 31.3. The number of benzene rings is 2. The number of esters is 1. The number of nitrogens with one attached hydrogen (secondary N) is 1. The maximum Gasteiger partial charge on any atom is 0.312 e. The van der Waals surface area contributed by atoms with Gasteiger partial charge in [0.25, 0.3) is 11.7 Å². The number of hydrogen-bond donors (Lipinski definition) is 6. The Morgan fingerprint density at radius 3 is 2.31 bits per heavy atom. The molecule has 0 unspecified atom stereocenters. The van der Waals surface area contributed by atoms with Gasteiger partial charge in [0.05, 0.1) is 53.0 Å². The largest absolute Gasteiger partial charge is 0.507 e. The van der Waals surface area contributed by atoms with Gasteiger partial charge in [-0.1, -0.05) is 57.5 Å². The molecule has 0 radical (unpaired) electrons. The number of ketones is 1. The van der Waals surface area contributed by atoms with Crippen molar-refractivity contribution in [2.45, 2.75) is 105 Å². The molecule has 2 aromatic carbocycles. The van der Waals surface area contributed by atoms with Crippen molar-refractivity contribution in [1.29, 1.82) is 0 Å². The predicted octanol–water partition coefficient (Wildman–Crippen LogP) is 5.59. The molecule has 9 atom stereocenters. The molecule has 6 N–H and O–H groups in total. The molecule has 0 aliphatic carbocycles. The number of allylic oxidation sites excluding steroid dienone is 2. The van der Waals surface area contributed by atoms with Crippen molar-refractivity contribution < 1.29 is 63.7 Å². The Balaban J connectivity index is 1.65. The predicted molar refractivity (Wildman–Crippen MR) is 228 cm³/mol. The summed E-state index contributed by atoms with van der Waals surface area (Å²) in [6.45, 7) is 15.2. The fourth-order valence-electron chi connectivity index (χ4n) is 8.37. The van der Waals surface area contributed by atoms with Gasteiger partial charge in [-0.25, -0.2) is 0 Å². The second-order valence-corrected chi connectivity index (χ2v) is 16.6. The van der Waals surface area contributed by atoms with E-state index < -0.39 is 88.8 Å². The number of amides is 1. The van der Waals surface area contributed by atoms with Gasteiger partial charge in [-0.05, 0) is 45.9 Å². The number of aliphatic hydroxyl groups is 2. The van der Waals surface area contributed by atoms with E-state index in [0.29, 0.717) is 6.54 Å². The van der Waals surface area contributed by atoms with Crippen LogP contribution in [0.25, 0.3) is 10.8 Å². The third-order valence-corrected chi connectivity index (χ3v) is 12.2. The number of Topliss-reactive ketones (excluding diaryl/α,β-unsaturated/α-hetero) is 1. The summed E-state index contributed by atoms with van der Waals surface area (Å²) in [5.41, 5.74) is -0.555. The number of fused-ring (bicyclic) bond motifs is 14. The Kier molecular flexibility index (Phi) is 15.1. The lowest BCUT2D eigenvalue weighted by Gasteiger charge is -2.38. The highest BCUT2D eigenvalue weighted by Gasteiger charge is 2.50. The van der Waals surface area contributed by atoms with Crippen LogP contribution in [0.1, 0.15) is 89.2 Å². The van der Waals surface area contributed by atoms with E-state index in [1.807, 2.05) is 0 Å². The van der Waals surface area contributed by atoms with Gasteiger partial charge in [-0.15, -0.1) is 0 Å². The summed E-state index contributed by atoms with van der Waals surface area (Å²) >= 11 is 0. The first-order valence-electron chi connectivity index (χ1n) is 20.8. The third kappa shape index (κ3) is 9.82. The zero-order valence-corrected chi connectivity index (χ0v) is 36.4. The molecule has 1 fully saturated rings. The highest BCUT2D eigenvalue weighted by molar-refractivity contribution is 6.23. The summed E-state index contributed by atoms with van der Waals surface area (Å²) in [4.78, 5) is 48.3. The molecular weight excluding hydrogens is 791 g/mol. The molecule has 5 bridgehead atoms. The number of phenolic OH excluding ortho intramolecular Hbond substituents is 3. The number of anilines is 1. The van der Waals surface area contributed by atoms with Crippen molar-refractivity contribution in [1.82, 2.24) is 4.90 Å². The molecule has 0 aromatic heterocycles. The van der Waals surface area contributed by atoms with Gasteiger partial charge >= 0.3 is 11.8 Å². The van der Waals surface area contributed by atoms with Gasteiger partial charge in [0.2, 0.25) is 0 Å². The molecule has 0 spiro atoms. The quantitative estimate of drug-likeness (QED) is 0.0499. The number of phenols is 3. The molecule has 4 aliphatic heterocycles. The number of aromatic hydroxyl groups is 3. The third-order valence-electron chi connectivity index (χ3n) is 12.2. The average molecular weight is 852 g/mol. The molecule has 4 aliphatic rings. The number of aliphatic hydroxyl groups excluding tert-OH is 2. The van der Waals surface area contributed by atoms with Crippen molar-refractivity contribution in [3.63, 3.8) is 0 Å². The number of likely N-dealkylation sites (tertiary alicyclic amines) is 1. The van der Waals surface area contributed by atoms with E-state index >= 15 is 0 Å². The molecule has 334 valence electrons. The standard InChI is InChI=1S/C45H61N3O13/c1-23-14-13-15-24(2)44(56)47-35-30(22-46-59-21-19-48-17-11-10-12-18-48)39(53)32-33(40(35)54)38(52)28(6)42-34(32)43(55)45(8,61-42)58-20-16-31(57-9)25(3)41(60-29(7)49)27(5)37(51)26(4)36(23)50/h13-16,20,22-23,25-27,31,36-37,41,50-54H,10-12,17-19,21H2,1-9H3,(H,47,56)/b14-13+,20-16+,24-15-,46-22+/t23-,25+,26+,27+,31-,36-,37+,41+,45-/m0/s1. The van der Waals surface area contributed by atoms with Crippen molar-refractivity contribution in [3.05, 3.63) is 52.8 Å². The number of carbonyl (C=O) groups excluding carboxylic acids is 3. The summed E-state index contributed by atoms with van der Waals surface area (Å²) in [5, 5.41) is 64.4. The van der Waals surface area contributed by atoms with Crippen LogP contribution in [0.2, 0.25) is 0 Å². The van der Waals surface area contributed by atoms with Crippen LogP contribution < -0.4 is 10.1 Å². The first-order valence-corrected chi connectivity index (χ1v) is 20.8. The topological polar surface area (TPSA) is 226 Å². The van der Waals surface area contributed by atoms with Gasteiger partial charge in [-0.2, -0.15) is 0 Å². The van der Waals surface area contributed by atoms with Crippen molar-refractivity contribution in [3.8, 4) is 23.0 Å². The maximum atomic E-state index is 14.4. The molecule has 61 heavy (non-hydrogen) atoms. The van der Waals surface area contributed by atoms with Crippen LogP contribution in [-0.2, 0) is 28.6 Å². The smallest absolute Gasteiger partial charge is 0.312 e. The van der Waals surface area contributed by atoms with Crippen LogP contribution in [0.15, 0.2) is 41.3 Å². The van der Waals surface area contributed by atoms with E-state index in [-0.39, 0.29) is 51.1 Å². The number of carbonyl (C=O) groups is 3. The Labute approximate surface area is 356 Å². The van der Waals surface area contributed by atoms with Crippen molar-refractivity contribution >= 4 is 40.3 Å². The number of nitrogens with zero attached hydrogens (tertiary/aromatic N) is 2. The van der Waals surface area contributed by atoms with Crippen LogP contribution in [0.4, 0.5) is 5.69 Å². The van der Waals surface area contributed by atoms with Gasteiger partial charge in [0.1, 0.15) is 30.0 Å². The highest BCUT2D eigenvalue weighted by atomic mass is 16.7. The number of ether oxygens (including phenoxy) is 4. The Hall–Kier alpha value is -5.16. The summed E-state index contributed by atoms with van der Waals surface area (Å²) in [5.74, 6) is -8.57. The van der Waals surface area contributed by atoms with E-state index in [2.05, 4.69) is 15.4 Å². The fourth-order valence-corrected chi connectivity index (χ4v) is 8.37. The summed E-state index contributed by atoms with van der Waals surface area (Å²) in [6, 6.07) is 0. The van der Waals surface area contributed by atoms with E-state index in [9.17, 15) is 39.9 Å². The molecule has 0 saturated carbocycles. The fraction of sp³-hybridized carbons (Fsp3) is 0.556. The first kappa shape index (κ1) is 46.9. The van der Waals surface area contributed by atoms with Gasteiger partial charge in [-0.3, -0.25) is 19.3 Å². The monoisotopic (exact) mass is 851 g/mol. The van der Waals surface area contributed by atoms with Crippen LogP contribution >= 0.6 is 0 Å². The Morgan fingerprint density at radius 2 is 1.66 bits per heavy atom. The zero-order valence-electron chi connectivity index (χ0n) is 36.4. The SMILES string of the molecule is CO[C@H]1/C=C/O[C@@]2(C)Oc3c(C)c(O)c4c(O)c(c(/C=N/OCCN5CCCCC5)c(O)c4c3C2=O)NC(=O)/C(C)=C\C=C\[C@H](C)[C@H](O)[C@@H](C)[C@@H](O)[C@@H](C)[C@H](OC(C)=O)[C@@H]1C. The second kappa shape index (κ2) is 19.7. The van der Waals surface area contributed by atoms with Gasteiger partial charge in [0, 0.05) is 67.7 Å². The minimum Gasteiger partial charge on any atom is -0.507 e. The summed E-state index contributed by atoms with van der Waals surface area (Å²) in [7, 11) is 1.43. The lowest BCUT2D eigenvalue weighted by atomic mass is 9.78. The van der Waals surface area contributed by atoms with E-state index in [1.165, 1.54) is 59.6 Å². The lowest BCUT2D eigenvalue weighted by molar-refractivity contribution is -0.160. The molecule has 6 rings (SSSR count). The maximum absolute atomic E-state index is 14.4. The summed E-state index contributed by atoms with van der Waals surface area (Å²) in [6.07, 6.45) is 7.96. The van der Waals surface area contributed by atoms with Crippen molar-refractivity contribution in [2.24, 2.45) is 28.8 Å². The molecule has 2 aromatic rings. The van der Waals surface area contributed by atoms with E-state index in [0.717, 1.165) is 32.1 Å². The minimum absolute atomic E-state index is 0.0408. The van der Waals surface area contributed by atoms with Gasteiger partial charge in [0.15, 0.2) is 5.75 Å². The molecule has 16 nitrogen and oxygen atoms in total. The first-order chi connectivity index (χ1) is 28.8. The second-order valence-electron chi connectivity index (χ2n) is 16.6. The molecule has 1 saturated heterocycles. The van der Waals surface area contributed by atoms with Crippen LogP contribution in [-0.4, -0.2) is 118 Å². The van der Waals surface area contributed by atoms with E-state index in [1.54, 1.807) is 39.8 Å². The number of rotatable bonds is 7. The lowest BCUT2D eigenvalue weighted by Crippen LogP contribution is -2.46. The minimum atomic E-state index is -2.06. The molecular formula is C45H61N3O13. The van der Waals surface area contributed by atoms with E-state index in [4.69, 9.17) is 23.8 Å². The van der Waals surface area contributed by atoms with Crippen LogP contribution in [0, 0.1) is 30.6 Å². The van der Waals surface area contributed by atoms with Gasteiger partial charge < -0.3 is 54.6 Å². The molecule has 4 heterocycles. The number of methoxy groups -OCH3 is 1. The number of oxime groups is 1. The summed E-state index contributed by atoms with van der Waals surface area (Å²) < 4.78 is 23.6. The number of hydrogen-bond acceptors (Lipinski definition) is 15. The van der Waals surface area contributed by atoms with Crippen LogP contribution in [0.5, 0.6) is 23.0 Å². The van der Waals surface area contributed by atoms with Crippen LogP contribution in [0.3, 0.4) is 0 Å². The Morgan fingerprint density at radius 1 is 0.967 bits per heavy atom. The molecule has 16 heteroatoms. The highest BCUT2D eigenvalue weighted by Crippen LogP contribution is 2.55. The van der Waals surface area contributed by atoms with Crippen molar-refractivity contribution in [2.75, 3.05) is 38.7 Å². The average Bonchev–Trinajstić information content (AvgIpc) is 3.50. The Bertz CT molecular complexity index is 2090. The number of piperidine rings is 1. The molecule has 1 amide bonds. The zero-order chi connectivity index (χ0) is 44.9.